The summed E-state index contributed by atoms with van der Waals surface area (Å²) in [6, 6.07) is 4.31. The van der Waals surface area contributed by atoms with Crippen LogP contribution in [0.25, 0.3) is 0 Å². The molecule has 0 atom stereocenters. The molecule has 0 aliphatic rings. The molecule has 1 amide bonds. The average molecular weight is 432 g/mol. The predicted octanol–water partition coefficient (Wildman–Crippen LogP) is 4.30. The standard InChI is InChI=1S/C15H10BrF4N5O/c16-8-1-2-10(12(17)5-8)14(26)24-9-6-11(15(18,19)20)13(22-7-9)25-23-4-3-21/h1-7,21H,(H,22,25)(H,24,26)/b21-3?,23-4-. The van der Waals surface area contributed by atoms with Crippen LogP contribution in [0.3, 0.4) is 0 Å². The quantitative estimate of drug-likeness (QED) is 0.374. The molecule has 1 aromatic carbocycles. The van der Waals surface area contributed by atoms with Crippen LogP contribution >= 0.6 is 15.9 Å². The van der Waals surface area contributed by atoms with E-state index in [0.29, 0.717) is 10.5 Å². The number of carbonyl (C=O) groups is 1. The van der Waals surface area contributed by atoms with Crippen LogP contribution < -0.4 is 10.7 Å². The minimum Gasteiger partial charge on any atom is -0.320 e. The van der Waals surface area contributed by atoms with Crippen LogP contribution in [0.5, 0.6) is 0 Å². The van der Waals surface area contributed by atoms with E-state index in [0.717, 1.165) is 24.7 Å². The number of hydrazone groups is 1. The molecule has 0 saturated carbocycles. The number of carbonyl (C=O) groups excluding carboxylic acids is 1. The Kier molecular flexibility index (Phi) is 6.03. The molecule has 0 unspecified atom stereocenters. The number of aromatic nitrogens is 1. The van der Waals surface area contributed by atoms with Crippen LogP contribution in [0.4, 0.5) is 29.1 Å². The summed E-state index contributed by atoms with van der Waals surface area (Å²) in [5.74, 6) is -2.36. The number of anilines is 2. The van der Waals surface area contributed by atoms with Crippen LogP contribution in [0, 0.1) is 11.2 Å². The lowest BCUT2D eigenvalue weighted by Crippen LogP contribution is -2.16. The lowest BCUT2D eigenvalue weighted by molar-refractivity contribution is -0.137. The summed E-state index contributed by atoms with van der Waals surface area (Å²) in [5.41, 5.74) is 0.265. The van der Waals surface area contributed by atoms with Gasteiger partial charge in [0.2, 0.25) is 0 Å². The number of benzene rings is 1. The lowest BCUT2D eigenvalue weighted by atomic mass is 10.2. The average Bonchev–Trinajstić information content (AvgIpc) is 2.55. The maximum Gasteiger partial charge on any atom is 0.420 e. The monoisotopic (exact) mass is 431 g/mol. The predicted molar refractivity (Wildman–Crippen MR) is 92.2 cm³/mol. The number of hydrogen-bond acceptors (Lipinski definition) is 5. The Bertz CT molecular complexity index is 870. The highest BCUT2D eigenvalue weighted by atomic mass is 79.9. The van der Waals surface area contributed by atoms with Crippen molar-refractivity contribution in [3.8, 4) is 0 Å². The number of rotatable bonds is 5. The van der Waals surface area contributed by atoms with E-state index in [1.165, 1.54) is 12.1 Å². The van der Waals surface area contributed by atoms with Crippen molar-refractivity contribution in [1.29, 1.82) is 5.41 Å². The SMILES string of the molecule is N=C/C=N\Nc1ncc(NC(=O)c2ccc(Br)cc2F)cc1C(F)(F)F. The van der Waals surface area contributed by atoms with Crippen molar-refractivity contribution in [3.05, 3.63) is 51.9 Å². The molecule has 0 aliphatic heterocycles. The van der Waals surface area contributed by atoms with Crippen molar-refractivity contribution < 1.29 is 22.4 Å². The van der Waals surface area contributed by atoms with E-state index in [-0.39, 0.29) is 11.3 Å². The first-order chi connectivity index (χ1) is 12.2. The second-order valence-electron chi connectivity index (χ2n) is 4.75. The molecule has 0 spiro atoms. The minimum absolute atomic E-state index is 0.272. The highest BCUT2D eigenvalue weighted by Gasteiger charge is 2.35. The van der Waals surface area contributed by atoms with Crippen molar-refractivity contribution in [3.63, 3.8) is 0 Å². The summed E-state index contributed by atoms with van der Waals surface area (Å²) in [6.07, 6.45) is -2.12. The summed E-state index contributed by atoms with van der Waals surface area (Å²) >= 11 is 3.04. The van der Waals surface area contributed by atoms with Crippen molar-refractivity contribution in [1.82, 2.24) is 4.98 Å². The number of hydrogen-bond donors (Lipinski definition) is 3. The van der Waals surface area contributed by atoms with Gasteiger partial charge in [0, 0.05) is 10.7 Å². The van der Waals surface area contributed by atoms with Gasteiger partial charge in [0.1, 0.15) is 11.4 Å². The number of pyridine rings is 1. The molecular formula is C15H10BrF4N5O. The topological polar surface area (TPSA) is 90.2 Å². The highest BCUT2D eigenvalue weighted by Crippen LogP contribution is 2.35. The summed E-state index contributed by atoms with van der Waals surface area (Å²) in [5, 5.41) is 12.3. The third-order valence-corrected chi connectivity index (χ3v) is 3.44. The van der Waals surface area contributed by atoms with Crippen LogP contribution in [0.15, 0.2) is 40.0 Å². The normalized spacial score (nSPS) is 11.4. The summed E-state index contributed by atoms with van der Waals surface area (Å²) in [6.45, 7) is 0. The van der Waals surface area contributed by atoms with Gasteiger partial charge in [0.25, 0.3) is 5.91 Å². The van der Waals surface area contributed by atoms with Gasteiger partial charge in [-0.25, -0.2) is 9.37 Å². The fourth-order valence-corrected chi connectivity index (χ4v) is 2.18. The van der Waals surface area contributed by atoms with E-state index in [9.17, 15) is 22.4 Å². The molecule has 3 N–H and O–H groups in total. The zero-order valence-corrected chi connectivity index (χ0v) is 14.3. The molecule has 2 aromatic rings. The van der Waals surface area contributed by atoms with E-state index >= 15 is 0 Å². The minimum atomic E-state index is -4.78. The molecule has 6 nitrogen and oxygen atoms in total. The third-order valence-electron chi connectivity index (χ3n) is 2.95. The second-order valence-corrected chi connectivity index (χ2v) is 5.67. The van der Waals surface area contributed by atoms with Gasteiger partial charge >= 0.3 is 6.18 Å². The molecule has 1 aromatic heterocycles. The zero-order valence-electron chi connectivity index (χ0n) is 12.7. The van der Waals surface area contributed by atoms with E-state index in [1.54, 1.807) is 0 Å². The maximum absolute atomic E-state index is 13.8. The van der Waals surface area contributed by atoms with Gasteiger partial charge in [-0.1, -0.05) is 15.9 Å². The van der Waals surface area contributed by atoms with Crippen molar-refractivity contribution in [2.24, 2.45) is 5.10 Å². The lowest BCUT2D eigenvalue weighted by Gasteiger charge is -2.13. The molecule has 26 heavy (non-hydrogen) atoms. The summed E-state index contributed by atoms with van der Waals surface area (Å²) < 4.78 is 53.6. The number of alkyl halides is 3. The first kappa shape index (κ1) is 19.5. The number of nitrogens with zero attached hydrogens (tertiary/aromatic N) is 2. The maximum atomic E-state index is 13.8. The Balaban J connectivity index is 2.31. The molecule has 2 rings (SSSR count). The Hall–Kier alpha value is -2.82. The molecule has 0 radical (unpaired) electrons. The number of halogens is 5. The molecule has 0 saturated heterocycles. The van der Waals surface area contributed by atoms with Gasteiger partial charge in [0.15, 0.2) is 5.82 Å². The van der Waals surface area contributed by atoms with Gasteiger partial charge in [-0.05, 0) is 24.3 Å². The van der Waals surface area contributed by atoms with Crippen molar-refractivity contribution in [2.45, 2.75) is 6.18 Å². The summed E-state index contributed by atoms with van der Waals surface area (Å²) in [7, 11) is 0. The molecule has 136 valence electrons. The van der Waals surface area contributed by atoms with Gasteiger partial charge < -0.3 is 10.7 Å². The van der Waals surface area contributed by atoms with E-state index < -0.39 is 29.3 Å². The van der Waals surface area contributed by atoms with Crippen LogP contribution in [0.2, 0.25) is 0 Å². The number of nitrogens with one attached hydrogen (secondary N) is 3. The van der Waals surface area contributed by atoms with Crippen LogP contribution in [-0.2, 0) is 6.18 Å². The van der Waals surface area contributed by atoms with Crippen LogP contribution in [-0.4, -0.2) is 23.3 Å². The first-order valence-corrected chi connectivity index (χ1v) is 7.63. The second kappa shape index (κ2) is 8.04. The number of amides is 1. The van der Waals surface area contributed by atoms with Gasteiger partial charge in [-0.15, -0.1) is 0 Å². The molecular weight excluding hydrogens is 422 g/mol. The van der Waals surface area contributed by atoms with Crippen molar-refractivity contribution in [2.75, 3.05) is 10.7 Å². The summed E-state index contributed by atoms with van der Waals surface area (Å²) in [4.78, 5) is 15.6. The van der Waals surface area contributed by atoms with E-state index in [1.807, 2.05) is 0 Å². The zero-order chi connectivity index (χ0) is 19.3. The van der Waals surface area contributed by atoms with Crippen LogP contribution in [0.1, 0.15) is 15.9 Å². The fourth-order valence-electron chi connectivity index (χ4n) is 1.85. The van der Waals surface area contributed by atoms with Gasteiger partial charge in [0.05, 0.1) is 23.7 Å². The van der Waals surface area contributed by atoms with Crippen molar-refractivity contribution >= 4 is 45.8 Å². The van der Waals surface area contributed by atoms with Gasteiger partial charge in [-0.3, -0.25) is 10.2 Å². The first-order valence-electron chi connectivity index (χ1n) is 6.84. The van der Waals surface area contributed by atoms with Gasteiger partial charge in [-0.2, -0.15) is 18.3 Å². The molecule has 11 heteroatoms. The Labute approximate surface area is 153 Å². The smallest absolute Gasteiger partial charge is 0.320 e. The third kappa shape index (κ3) is 4.85. The molecule has 0 bridgehead atoms. The molecule has 1 heterocycles. The molecule has 0 fully saturated rings. The highest BCUT2D eigenvalue weighted by molar-refractivity contribution is 9.10. The Morgan fingerprint density at radius 3 is 2.65 bits per heavy atom. The largest absolute Gasteiger partial charge is 0.420 e. The molecule has 0 aliphatic carbocycles. The van der Waals surface area contributed by atoms with E-state index in [2.05, 4.69) is 36.8 Å². The Morgan fingerprint density at radius 1 is 1.31 bits per heavy atom. The fraction of sp³-hybridized carbons (Fsp3) is 0.0667. The Morgan fingerprint density at radius 2 is 2.04 bits per heavy atom. The van der Waals surface area contributed by atoms with E-state index in [4.69, 9.17) is 5.41 Å².